The Morgan fingerprint density at radius 3 is 2.73 bits per heavy atom. The Labute approximate surface area is 99.4 Å². The van der Waals surface area contributed by atoms with E-state index < -0.39 is 0 Å². The molecule has 0 aliphatic heterocycles. The molecule has 1 saturated carbocycles. The molecule has 3 nitrogen and oxygen atoms in total. The Hall–Kier alpha value is -0.540. The topological polar surface area (TPSA) is 29.0 Å². The van der Waals surface area contributed by atoms with Crippen molar-refractivity contribution >= 4 is 28.9 Å². The fourth-order valence-electron chi connectivity index (χ4n) is 1.77. The van der Waals surface area contributed by atoms with Gasteiger partial charge in [-0.15, -0.1) is 10.2 Å². The summed E-state index contributed by atoms with van der Waals surface area (Å²) in [6.45, 7) is 1.02. The zero-order chi connectivity index (χ0) is 10.8. The largest absolute Gasteiger partial charge is 0.372 e. The lowest BCUT2D eigenvalue weighted by atomic mass is 9.85. The number of nitrogens with zero attached hydrogens (tertiary/aromatic N) is 3. The monoisotopic (exact) mass is 245 g/mol. The second-order valence-electron chi connectivity index (χ2n) is 4.02. The molecule has 0 unspecified atom stereocenters. The van der Waals surface area contributed by atoms with E-state index in [4.69, 9.17) is 23.2 Å². The molecule has 1 aromatic heterocycles. The van der Waals surface area contributed by atoms with Crippen molar-refractivity contribution in [1.82, 2.24) is 10.2 Å². The van der Waals surface area contributed by atoms with Crippen LogP contribution in [-0.4, -0.2) is 23.8 Å². The predicted molar refractivity (Wildman–Crippen MR) is 62.7 cm³/mol. The molecule has 1 aliphatic rings. The zero-order valence-electron chi connectivity index (χ0n) is 8.58. The summed E-state index contributed by atoms with van der Waals surface area (Å²) in [6, 6.07) is 1.76. The van der Waals surface area contributed by atoms with Crippen molar-refractivity contribution in [3.05, 3.63) is 16.4 Å². The van der Waals surface area contributed by atoms with E-state index in [0.29, 0.717) is 10.3 Å². The van der Waals surface area contributed by atoms with Crippen LogP contribution in [0.15, 0.2) is 6.07 Å². The minimum atomic E-state index is 0.384. The number of hydrogen-bond acceptors (Lipinski definition) is 3. The molecule has 1 aliphatic carbocycles. The van der Waals surface area contributed by atoms with Gasteiger partial charge in [-0.25, -0.2) is 0 Å². The lowest BCUT2D eigenvalue weighted by Gasteiger charge is -2.31. The number of anilines is 1. The lowest BCUT2D eigenvalue weighted by molar-refractivity contribution is 0.321. The van der Waals surface area contributed by atoms with Gasteiger partial charge in [0.2, 0.25) is 0 Å². The molecule has 0 atom stereocenters. The van der Waals surface area contributed by atoms with Gasteiger partial charge in [0, 0.05) is 19.7 Å². The van der Waals surface area contributed by atoms with Crippen LogP contribution in [0.1, 0.15) is 19.3 Å². The molecule has 1 aromatic rings. The van der Waals surface area contributed by atoms with E-state index >= 15 is 0 Å². The standard InChI is InChI=1S/C10H13Cl2N3/c1-15(6-7-3-2-4-7)8-5-9(11)13-14-10(8)12/h5,7H,2-4,6H2,1H3. The van der Waals surface area contributed by atoms with Gasteiger partial charge in [-0.2, -0.15) is 0 Å². The summed E-state index contributed by atoms with van der Waals surface area (Å²) < 4.78 is 0. The summed E-state index contributed by atoms with van der Waals surface area (Å²) in [6.07, 6.45) is 3.98. The van der Waals surface area contributed by atoms with E-state index in [1.54, 1.807) is 6.07 Å². The Balaban J connectivity index is 2.09. The summed E-state index contributed by atoms with van der Waals surface area (Å²) >= 11 is 11.7. The van der Waals surface area contributed by atoms with Crippen LogP contribution in [0.3, 0.4) is 0 Å². The summed E-state index contributed by atoms with van der Waals surface area (Å²) in [5.74, 6) is 0.790. The Kier molecular flexibility index (Phi) is 3.32. The maximum atomic E-state index is 5.96. The van der Waals surface area contributed by atoms with Gasteiger partial charge in [0.1, 0.15) is 0 Å². The second-order valence-corrected chi connectivity index (χ2v) is 4.77. The van der Waals surface area contributed by atoms with E-state index in [0.717, 1.165) is 18.2 Å². The molecule has 0 bridgehead atoms. The molecule has 1 fully saturated rings. The average Bonchev–Trinajstić information content (AvgIpc) is 2.15. The van der Waals surface area contributed by atoms with Gasteiger partial charge < -0.3 is 4.90 Å². The lowest BCUT2D eigenvalue weighted by Crippen LogP contribution is -2.29. The van der Waals surface area contributed by atoms with Crippen LogP contribution in [0.2, 0.25) is 10.3 Å². The quantitative estimate of drug-likeness (QED) is 0.820. The van der Waals surface area contributed by atoms with Crippen molar-refractivity contribution in [2.24, 2.45) is 5.92 Å². The third kappa shape index (κ3) is 2.52. The third-order valence-corrected chi connectivity index (χ3v) is 3.32. The van der Waals surface area contributed by atoms with Crippen LogP contribution in [0.5, 0.6) is 0 Å². The second kappa shape index (κ2) is 4.54. The zero-order valence-corrected chi connectivity index (χ0v) is 10.1. The van der Waals surface area contributed by atoms with E-state index in [1.807, 2.05) is 7.05 Å². The van der Waals surface area contributed by atoms with Crippen LogP contribution >= 0.6 is 23.2 Å². The van der Waals surface area contributed by atoms with Gasteiger partial charge in [0.15, 0.2) is 10.3 Å². The fraction of sp³-hybridized carbons (Fsp3) is 0.600. The first-order valence-corrected chi connectivity index (χ1v) is 5.82. The summed E-state index contributed by atoms with van der Waals surface area (Å²) in [4.78, 5) is 2.10. The van der Waals surface area contributed by atoms with Crippen molar-refractivity contribution in [2.45, 2.75) is 19.3 Å². The van der Waals surface area contributed by atoms with Gasteiger partial charge in [-0.3, -0.25) is 0 Å². The molecule has 0 spiro atoms. The highest BCUT2D eigenvalue weighted by molar-refractivity contribution is 6.33. The number of rotatable bonds is 3. The molecule has 0 aromatic carbocycles. The SMILES string of the molecule is CN(CC1CCC1)c1cc(Cl)nnc1Cl. The van der Waals surface area contributed by atoms with E-state index in [1.165, 1.54) is 19.3 Å². The van der Waals surface area contributed by atoms with Crippen molar-refractivity contribution in [3.63, 3.8) is 0 Å². The molecule has 1 heterocycles. The molecule has 0 radical (unpaired) electrons. The minimum Gasteiger partial charge on any atom is -0.372 e. The summed E-state index contributed by atoms with van der Waals surface area (Å²) in [5.41, 5.74) is 0.864. The van der Waals surface area contributed by atoms with Crippen molar-refractivity contribution in [3.8, 4) is 0 Å². The highest BCUT2D eigenvalue weighted by Crippen LogP contribution is 2.30. The van der Waals surface area contributed by atoms with Crippen LogP contribution in [-0.2, 0) is 0 Å². The first-order valence-electron chi connectivity index (χ1n) is 5.06. The summed E-state index contributed by atoms with van der Waals surface area (Å²) in [7, 11) is 2.01. The van der Waals surface area contributed by atoms with E-state index in [9.17, 15) is 0 Å². The Morgan fingerprint density at radius 2 is 2.13 bits per heavy atom. The van der Waals surface area contributed by atoms with Gasteiger partial charge in [-0.05, 0) is 18.8 Å². The molecule has 2 rings (SSSR count). The number of aromatic nitrogens is 2. The normalized spacial score (nSPS) is 16.2. The molecular formula is C10H13Cl2N3. The molecule has 0 saturated heterocycles. The minimum absolute atomic E-state index is 0.384. The Bertz CT molecular complexity index is 353. The van der Waals surface area contributed by atoms with E-state index in [2.05, 4.69) is 15.1 Å². The van der Waals surface area contributed by atoms with Crippen molar-refractivity contribution in [1.29, 1.82) is 0 Å². The van der Waals surface area contributed by atoms with Crippen molar-refractivity contribution in [2.75, 3.05) is 18.5 Å². The van der Waals surface area contributed by atoms with Crippen LogP contribution in [0.25, 0.3) is 0 Å². The van der Waals surface area contributed by atoms with Crippen LogP contribution in [0, 0.1) is 5.92 Å². The summed E-state index contributed by atoms with van der Waals surface area (Å²) in [5, 5.41) is 8.29. The van der Waals surface area contributed by atoms with Crippen LogP contribution in [0.4, 0.5) is 5.69 Å². The molecular weight excluding hydrogens is 233 g/mol. The highest BCUT2D eigenvalue weighted by Gasteiger charge is 2.20. The maximum Gasteiger partial charge on any atom is 0.175 e. The van der Waals surface area contributed by atoms with Gasteiger partial charge >= 0.3 is 0 Å². The van der Waals surface area contributed by atoms with Gasteiger partial charge in [0.25, 0.3) is 0 Å². The maximum absolute atomic E-state index is 5.96. The van der Waals surface area contributed by atoms with Gasteiger partial charge in [-0.1, -0.05) is 29.6 Å². The number of hydrogen-bond donors (Lipinski definition) is 0. The van der Waals surface area contributed by atoms with Crippen molar-refractivity contribution < 1.29 is 0 Å². The highest BCUT2D eigenvalue weighted by atomic mass is 35.5. The first kappa shape index (κ1) is 11.0. The Morgan fingerprint density at radius 1 is 1.40 bits per heavy atom. The first-order chi connectivity index (χ1) is 7.16. The smallest absolute Gasteiger partial charge is 0.175 e. The molecule has 5 heteroatoms. The molecule has 0 N–H and O–H groups in total. The third-order valence-electron chi connectivity index (χ3n) is 2.87. The molecule has 82 valence electrons. The fourth-order valence-corrected chi connectivity index (χ4v) is 2.15. The average molecular weight is 246 g/mol. The van der Waals surface area contributed by atoms with Gasteiger partial charge in [0.05, 0.1) is 5.69 Å². The predicted octanol–water partition coefficient (Wildman–Crippen LogP) is 3.02. The number of halogens is 2. The molecule has 15 heavy (non-hydrogen) atoms. The van der Waals surface area contributed by atoms with Crippen LogP contribution < -0.4 is 4.90 Å². The molecule has 0 amide bonds. The van der Waals surface area contributed by atoms with E-state index in [-0.39, 0.29) is 0 Å².